The SMILES string of the molecule is O=C(Nc1cccc(Cl)c1)c1ncn2c(=O)c3c(C(=O)Nc4cccc(Cl)c4)ncn3c(=O)c12. The van der Waals surface area contributed by atoms with E-state index in [-0.39, 0.29) is 22.4 Å². The van der Waals surface area contributed by atoms with Gasteiger partial charge in [0.1, 0.15) is 23.7 Å². The number of nitrogens with one attached hydrogen (secondary N) is 2. The number of carbonyl (C=O) groups excluding carboxylic acids is 2. The number of fused-ring (bicyclic) bond motifs is 2. The highest BCUT2D eigenvalue weighted by Gasteiger charge is 2.25. The molecule has 0 atom stereocenters. The number of anilines is 2. The Morgan fingerprint density at radius 3 is 1.50 bits per heavy atom. The molecule has 2 N–H and O–H groups in total. The summed E-state index contributed by atoms with van der Waals surface area (Å²) in [6.45, 7) is 0. The molecule has 34 heavy (non-hydrogen) atoms. The molecule has 0 bridgehead atoms. The number of imidazole rings is 2. The molecule has 2 aromatic carbocycles. The van der Waals surface area contributed by atoms with Crippen LogP contribution in [-0.4, -0.2) is 30.6 Å². The maximum Gasteiger partial charge on any atom is 0.283 e. The fourth-order valence-electron chi connectivity index (χ4n) is 3.49. The highest BCUT2D eigenvalue weighted by atomic mass is 35.5. The van der Waals surface area contributed by atoms with E-state index in [1.165, 1.54) is 12.1 Å². The van der Waals surface area contributed by atoms with Crippen molar-refractivity contribution in [3.63, 3.8) is 0 Å². The fourth-order valence-corrected chi connectivity index (χ4v) is 3.87. The lowest BCUT2D eigenvalue weighted by Gasteiger charge is -2.05. The van der Waals surface area contributed by atoms with Gasteiger partial charge in [-0.3, -0.25) is 28.0 Å². The van der Waals surface area contributed by atoms with Crippen LogP contribution in [0.4, 0.5) is 11.4 Å². The Morgan fingerprint density at radius 1 is 0.706 bits per heavy atom. The maximum absolute atomic E-state index is 13.1. The number of rotatable bonds is 4. The second-order valence-corrected chi connectivity index (χ2v) is 8.04. The molecule has 0 aliphatic carbocycles. The average Bonchev–Trinajstić information content (AvgIpc) is 3.43. The number of nitrogens with zero attached hydrogens (tertiary/aromatic N) is 4. The summed E-state index contributed by atoms with van der Waals surface area (Å²) in [5, 5.41) is 5.99. The van der Waals surface area contributed by atoms with E-state index in [0.29, 0.717) is 21.4 Å². The third-order valence-corrected chi connectivity index (χ3v) is 5.44. The molecule has 3 aromatic heterocycles. The van der Waals surface area contributed by atoms with Crippen LogP contribution in [0.5, 0.6) is 0 Å². The van der Waals surface area contributed by atoms with Crippen LogP contribution in [-0.2, 0) is 0 Å². The summed E-state index contributed by atoms with van der Waals surface area (Å²) in [5.74, 6) is -1.42. The summed E-state index contributed by atoms with van der Waals surface area (Å²) in [6, 6.07) is 12.8. The van der Waals surface area contributed by atoms with E-state index >= 15 is 0 Å². The minimum absolute atomic E-state index is 0.253. The summed E-state index contributed by atoms with van der Waals surface area (Å²) >= 11 is 11.9. The molecule has 0 aliphatic rings. The van der Waals surface area contributed by atoms with Gasteiger partial charge in [0.15, 0.2) is 11.4 Å². The van der Waals surface area contributed by atoms with Crippen LogP contribution in [0.2, 0.25) is 10.0 Å². The molecule has 3 heterocycles. The second kappa shape index (κ2) is 8.25. The summed E-state index contributed by atoms with van der Waals surface area (Å²) < 4.78 is 1.84. The van der Waals surface area contributed by atoms with E-state index < -0.39 is 22.9 Å². The zero-order valence-electron chi connectivity index (χ0n) is 17.0. The Morgan fingerprint density at radius 2 is 1.12 bits per heavy atom. The summed E-state index contributed by atoms with van der Waals surface area (Å²) in [6.07, 6.45) is 2.11. The van der Waals surface area contributed by atoms with Crippen LogP contribution in [0, 0.1) is 0 Å². The van der Waals surface area contributed by atoms with Gasteiger partial charge in [-0.25, -0.2) is 9.97 Å². The normalized spacial score (nSPS) is 11.1. The molecule has 0 radical (unpaired) electrons. The third kappa shape index (κ3) is 3.64. The number of halogens is 2. The first kappa shape index (κ1) is 21.6. The van der Waals surface area contributed by atoms with E-state index in [2.05, 4.69) is 20.6 Å². The van der Waals surface area contributed by atoms with Gasteiger partial charge in [0, 0.05) is 21.4 Å². The number of hydrogen-bond donors (Lipinski definition) is 2. The van der Waals surface area contributed by atoms with Crippen LogP contribution >= 0.6 is 23.2 Å². The first-order valence-corrected chi connectivity index (χ1v) is 10.5. The van der Waals surface area contributed by atoms with E-state index in [4.69, 9.17) is 23.2 Å². The first-order valence-electron chi connectivity index (χ1n) is 9.71. The number of carbonyl (C=O) groups is 2. The van der Waals surface area contributed by atoms with Crippen molar-refractivity contribution < 1.29 is 9.59 Å². The zero-order chi connectivity index (χ0) is 24.0. The lowest BCUT2D eigenvalue weighted by Crippen LogP contribution is -2.28. The summed E-state index contributed by atoms with van der Waals surface area (Å²) in [7, 11) is 0. The van der Waals surface area contributed by atoms with Crippen molar-refractivity contribution in [3.8, 4) is 0 Å². The van der Waals surface area contributed by atoms with Gasteiger partial charge >= 0.3 is 0 Å². The molecule has 168 valence electrons. The zero-order valence-corrected chi connectivity index (χ0v) is 18.5. The van der Waals surface area contributed by atoms with Crippen LogP contribution < -0.4 is 21.8 Å². The molecule has 2 amide bonds. The lowest BCUT2D eigenvalue weighted by atomic mass is 10.2. The molecule has 0 unspecified atom stereocenters. The number of amides is 2. The average molecular weight is 495 g/mol. The molecular formula is C22H12Cl2N6O4. The maximum atomic E-state index is 13.1. The van der Waals surface area contributed by atoms with Gasteiger partial charge in [-0.15, -0.1) is 0 Å². The van der Waals surface area contributed by atoms with Gasteiger partial charge in [-0.2, -0.15) is 0 Å². The predicted molar refractivity (Wildman–Crippen MR) is 126 cm³/mol. The van der Waals surface area contributed by atoms with Crippen molar-refractivity contribution in [2.24, 2.45) is 0 Å². The third-order valence-electron chi connectivity index (χ3n) is 4.97. The van der Waals surface area contributed by atoms with Crippen molar-refractivity contribution in [1.29, 1.82) is 0 Å². The highest BCUT2D eigenvalue weighted by molar-refractivity contribution is 6.31. The molecule has 0 saturated carbocycles. The van der Waals surface area contributed by atoms with E-state index in [1.54, 1.807) is 36.4 Å². The van der Waals surface area contributed by atoms with Crippen LogP contribution in [0.1, 0.15) is 21.0 Å². The van der Waals surface area contributed by atoms with Gasteiger partial charge < -0.3 is 10.6 Å². The molecule has 5 rings (SSSR count). The van der Waals surface area contributed by atoms with Crippen LogP contribution in [0.15, 0.2) is 70.8 Å². The topological polar surface area (TPSA) is 127 Å². The monoisotopic (exact) mass is 494 g/mol. The molecule has 0 aliphatic heterocycles. The van der Waals surface area contributed by atoms with E-state index in [9.17, 15) is 19.2 Å². The quantitative estimate of drug-likeness (QED) is 0.395. The lowest BCUT2D eigenvalue weighted by molar-refractivity contribution is 0.101. The van der Waals surface area contributed by atoms with Gasteiger partial charge in [0.2, 0.25) is 0 Å². The largest absolute Gasteiger partial charge is 0.321 e. The van der Waals surface area contributed by atoms with Crippen molar-refractivity contribution in [2.75, 3.05) is 10.6 Å². The standard InChI is InChI=1S/C22H12Cl2N6O4/c23-11-3-1-5-13(7-11)27-19(31)15-17-21(33)30-10-26-16(18(30)22(34)29(17)9-25-15)20(32)28-14-6-2-4-12(24)8-14/h1-10H,(H,27,31)(H,28,32). The fraction of sp³-hybridized carbons (Fsp3) is 0. The predicted octanol–water partition coefficient (Wildman–Crippen LogP) is 2.95. The summed E-state index contributed by atoms with van der Waals surface area (Å²) in [4.78, 5) is 59.8. The van der Waals surface area contributed by atoms with E-state index in [1.807, 2.05) is 0 Å². The summed E-state index contributed by atoms with van der Waals surface area (Å²) in [5.41, 5.74) is -1.73. The molecule has 0 saturated heterocycles. The van der Waals surface area contributed by atoms with Crippen molar-refractivity contribution in [3.05, 3.63) is 103 Å². The van der Waals surface area contributed by atoms with Gasteiger partial charge in [-0.05, 0) is 36.4 Å². The van der Waals surface area contributed by atoms with Crippen LogP contribution in [0.3, 0.4) is 0 Å². The number of hydrogen-bond acceptors (Lipinski definition) is 6. The van der Waals surface area contributed by atoms with E-state index in [0.717, 1.165) is 21.5 Å². The van der Waals surface area contributed by atoms with Gasteiger partial charge in [0.25, 0.3) is 22.9 Å². The molecule has 12 heteroatoms. The molecule has 0 spiro atoms. The minimum Gasteiger partial charge on any atom is -0.321 e. The number of benzene rings is 2. The molecule has 0 fully saturated rings. The van der Waals surface area contributed by atoms with Crippen molar-refractivity contribution in [1.82, 2.24) is 18.8 Å². The number of aromatic nitrogens is 4. The molecule has 5 aromatic rings. The Bertz CT molecular complexity index is 1600. The smallest absolute Gasteiger partial charge is 0.283 e. The highest BCUT2D eigenvalue weighted by Crippen LogP contribution is 2.18. The van der Waals surface area contributed by atoms with Crippen molar-refractivity contribution >= 4 is 57.4 Å². The molecule has 10 nitrogen and oxygen atoms in total. The van der Waals surface area contributed by atoms with Crippen molar-refractivity contribution in [2.45, 2.75) is 0 Å². The Labute approximate surface area is 199 Å². The van der Waals surface area contributed by atoms with Gasteiger partial charge in [0.05, 0.1) is 0 Å². The van der Waals surface area contributed by atoms with Gasteiger partial charge in [-0.1, -0.05) is 35.3 Å². The Hall–Kier alpha value is -4.28. The van der Waals surface area contributed by atoms with Crippen LogP contribution in [0.25, 0.3) is 11.0 Å². The Balaban J connectivity index is 1.57. The minimum atomic E-state index is -0.738. The molecular weight excluding hydrogens is 483 g/mol. The first-order chi connectivity index (χ1) is 16.3. The Kier molecular flexibility index (Phi) is 5.23. The second-order valence-electron chi connectivity index (χ2n) is 7.16.